The fraction of sp³-hybridized carbons (Fsp3) is 0.652. The average molecular weight is 730 g/mol. The maximum Gasteiger partial charge on any atom is 0.460 e. The normalized spacial score (nSPS) is 17.1. The van der Waals surface area contributed by atoms with Crippen molar-refractivity contribution < 1.29 is 97.7 Å². The molecule has 0 atom stereocenters. The molecule has 0 bridgehead atoms. The van der Waals surface area contributed by atoms with Crippen molar-refractivity contribution in [3.8, 4) is 5.75 Å². The zero-order valence-corrected chi connectivity index (χ0v) is 22.6. The third-order valence-electron chi connectivity index (χ3n) is 6.90. The van der Waals surface area contributed by atoms with Crippen LogP contribution in [0.4, 0.5) is 89.1 Å². The number of hydrogen-bond acceptors (Lipinski definition) is 3. The van der Waals surface area contributed by atoms with Crippen molar-refractivity contribution in [1.29, 1.82) is 0 Å². The lowest BCUT2D eigenvalue weighted by Gasteiger charge is -2.44. The number of rotatable bonds is 11. The van der Waals surface area contributed by atoms with E-state index in [1.807, 2.05) is 0 Å². The van der Waals surface area contributed by atoms with Crippen LogP contribution in [0.25, 0.3) is 0 Å². The highest BCUT2D eigenvalue weighted by molar-refractivity contribution is 5.93. The molecule has 1 aliphatic rings. The number of carbonyl (C=O) groups excluding carboxylic acids is 2. The molecule has 5 nitrogen and oxygen atoms in total. The van der Waals surface area contributed by atoms with Crippen molar-refractivity contribution in [2.75, 3.05) is 25.5 Å². The highest BCUT2D eigenvalue weighted by Gasteiger charge is 2.97. The summed E-state index contributed by atoms with van der Waals surface area (Å²) >= 11 is 0. The van der Waals surface area contributed by atoms with Gasteiger partial charge in [-0.05, 0) is 37.1 Å². The molecule has 1 aromatic rings. The Bertz CT molecular complexity index is 1300. The number of alkyl halides is 19. The topological polar surface area (TPSA) is 58.6 Å². The third kappa shape index (κ3) is 5.96. The summed E-state index contributed by atoms with van der Waals surface area (Å²) in [6.45, 7) is -2.42. The molecular weight excluding hydrogens is 713 g/mol. The van der Waals surface area contributed by atoms with Crippen molar-refractivity contribution >= 4 is 17.5 Å². The Morgan fingerprint density at radius 1 is 0.617 bits per heavy atom. The Morgan fingerprint density at radius 3 is 1.34 bits per heavy atom. The zero-order chi connectivity index (χ0) is 37.0. The minimum atomic E-state index is -9.07. The van der Waals surface area contributed by atoms with Crippen LogP contribution in [0.1, 0.15) is 12.8 Å². The number of ether oxygens (including phenoxy) is 1. The van der Waals surface area contributed by atoms with E-state index in [1.165, 1.54) is 31.4 Å². The molecule has 2 amide bonds. The van der Waals surface area contributed by atoms with Crippen LogP contribution in [0.3, 0.4) is 0 Å². The third-order valence-corrected chi connectivity index (χ3v) is 6.90. The highest BCUT2D eigenvalue weighted by Crippen LogP contribution is 2.65. The van der Waals surface area contributed by atoms with Gasteiger partial charge in [-0.1, -0.05) is 0 Å². The van der Waals surface area contributed by atoms with E-state index in [0.717, 1.165) is 0 Å². The first-order chi connectivity index (χ1) is 20.8. The van der Waals surface area contributed by atoms with Crippen molar-refractivity contribution in [2.45, 2.75) is 66.4 Å². The number of benzene rings is 1. The lowest BCUT2D eigenvalue weighted by Crippen LogP contribution is -2.76. The SMILES string of the molecule is COc1ccc(NC(=O)C2CCN(C(=O)C(F)(F)C(F)(F)C(F)(F)C(F)(F)C(F)(F)C(F)(F)C(F)(F)C(F)(F)C(F)(F)F)CC2)cc1. The molecule has 0 saturated carbocycles. The summed E-state index contributed by atoms with van der Waals surface area (Å²) in [5.41, 5.74) is 0.130. The first kappa shape index (κ1) is 39.8. The molecule has 0 radical (unpaired) electrons. The number of halogens is 19. The molecule has 1 aliphatic heterocycles. The van der Waals surface area contributed by atoms with Gasteiger partial charge in [-0.25, -0.2) is 0 Å². The second kappa shape index (κ2) is 11.9. The van der Waals surface area contributed by atoms with E-state index in [9.17, 15) is 93.0 Å². The summed E-state index contributed by atoms with van der Waals surface area (Å²) in [7, 11) is 1.30. The maximum atomic E-state index is 14.4. The molecule has 0 unspecified atom stereocenters. The summed E-state index contributed by atoms with van der Waals surface area (Å²) in [6.07, 6.45) is -9.40. The predicted molar refractivity (Wildman–Crippen MR) is 117 cm³/mol. The van der Waals surface area contributed by atoms with Crippen molar-refractivity contribution in [1.82, 2.24) is 4.90 Å². The number of nitrogens with one attached hydrogen (secondary N) is 1. The molecule has 2 rings (SSSR count). The molecule has 0 aliphatic carbocycles. The number of carbonyl (C=O) groups is 2. The smallest absolute Gasteiger partial charge is 0.460 e. The van der Waals surface area contributed by atoms with Crippen LogP contribution >= 0.6 is 0 Å². The van der Waals surface area contributed by atoms with Gasteiger partial charge < -0.3 is 15.0 Å². The molecule has 1 N–H and O–H groups in total. The van der Waals surface area contributed by atoms with Crippen molar-refractivity contribution in [2.24, 2.45) is 5.92 Å². The molecular formula is C23H17F19N2O3. The summed E-state index contributed by atoms with van der Waals surface area (Å²) in [4.78, 5) is 23.9. The summed E-state index contributed by atoms with van der Waals surface area (Å²) in [6, 6.07) is 5.38. The van der Waals surface area contributed by atoms with Gasteiger partial charge in [0.1, 0.15) is 5.75 Å². The van der Waals surface area contributed by atoms with Crippen LogP contribution in [0, 0.1) is 5.92 Å². The van der Waals surface area contributed by atoms with Gasteiger partial charge in [-0.2, -0.15) is 83.4 Å². The molecule has 1 saturated heterocycles. The highest BCUT2D eigenvalue weighted by atomic mass is 19.4. The van der Waals surface area contributed by atoms with Gasteiger partial charge in [0.05, 0.1) is 7.11 Å². The number of hydrogen-bond donors (Lipinski definition) is 1. The van der Waals surface area contributed by atoms with E-state index in [-0.39, 0.29) is 5.69 Å². The molecule has 1 aromatic carbocycles. The van der Waals surface area contributed by atoms with Crippen LogP contribution in [-0.2, 0) is 9.59 Å². The minimum Gasteiger partial charge on any atom is -0.497 e. The Kier molecular flexibility index (Phi) is 10.1. The van der Waals surface area contributed by atoms with Gasteiger partial charge in [0.15, 0.2) is 0 Å². The first-order valence-electron chi connectivity index (χ1n) is 12.1. The standard InChI is InChI=1S/C23H17F19N2O3/c1-47-12-4-2-11(3-5-12)43-13(45)10-6-8-44(9-7-10)14(46)15(24,25)16(26,27)17(28,29)18(30,31)19(32,33)20(34,35)21(36,37)22(38,39)23(40,41)42/h2-5,10H,6-9H2,1H3,(H,43,45). The number of likely N-dealkylation sites (tertiary alicyclic amines) is 1. The predicted octanol–water partition coefficient (Wildman–Crippen LogP) is 7.52. The van der Waals surface area contributed by atoms with Gasteiger partial charge in [0, 0.05) is 24.7 Å². The lowest BCUT2D eigenvalue weighted by molar-refractivity contribution is -0.467. The Hall–Kier alpha value is -3.37. The molecule has 24 heteroatoms. The van der Waals surface area contributed by atoms with Crippen LogP contribution in [-0.4, -0.2) is 90.5 Å². The van der Waals surface area contributed by atoms with E-state index < -0.39 is 102 Å². The summed E-state index contributed by atoms with van der Waals surface area (Å²) in [5.74, 6) is -73.9. The number of nitrogens with zero attached hydrogens (tertiary/aromatic N) is 1. The second-order valence-corrected chi connectivity index (χ2v) is 9.88. The van der Waals surface area contributed by atoms with Gasteiger partial charge >= 0.3 is 53.6 Å². The Balaban J connectivity index is 2.34. The quantitative estimate of drug-likeness (QED) is 0.240. The molecule has 1 fully saturated rings. The summed E-state index contributed by atoms with van der Waals surface area (Å²) < 4.78 is 262. The van der Waals surface area contributed by atoms with Crippen molar-refractivity contribution in [3.63, 3.8) is 0 Å². The number of piperidine rings is 1. The van der Waals surface area contributed by atoms with E-state index in [2.05, 4.69) is 5.32 Å². The molecule has 1 heterocycles. The fourth-order valence-electron chi connectivity index (χ4n) is 3.96. The van der Waals surface area contributed by atoms with Crippen LogP contribution in [0.5, 0.6) is 5.75 Å². The number of amides is 2. The largest absolute Gasteiger partial charge is 0.497 e. The van der Waals surface area contributed by atoms with Gasteiger partial charge in [-0.15, -0.1) is 0 Å². The lowest BCUT2D eigenvalue weighted by atomic mass is 9.87. The average Bonchev–Trinajstić information content (AvgIpc) is 2.95. The fourth-order valence-corrected chi connectivity index (χ4v) is 3.96. The van der Waals surface area contributed by atoms with Gasteiger partial charge in [0.2, 0.25) is 5.91 Å². The minimum absolute atomic E-state index is 0.130. The number of anilines is 1. The first-order valence-corrected chi connectivity index (χ1v) is 12.1. The van der Waals surface area contributed by atoms with E-state index >= 15 is 0 Å². The van der Waals surface area contributed by atoms with Crippen LogP contribution in [0.15, 0.2) is 24.3 Å². The van der Waals surface area contributed by atoms with Crippen LogP contribution < -0.4 is 10.1 Å². The van der Waals surface area contributed by atoms with E-state index in [0.29, 0.717) is 5.75 Å². The molecule has 0 aromatic heterocycles. The maximum absolute atomic E-state index is 14.4. The van der Waals surface area contributed by atoms with Gasteiger partial charge in [-0.3, -0.25) is 9.59 Å². The summed E-state index contributed by atoms with van der Waals surface area (Å²) in [5, 5.41) is 2.31. The Labute approximate surface area is 249 Å². The van der Waals surface area contributed by atoms with E-state index in [1.54, 1.807) is 0 Å². The van der Waals surface area contributed by atoms with Crippen molar-refractivity contribution in [3.05, 3.63) is 24.3 Å². The second-order valence-electron chi connectivity index (χ2n) is 9.88. The molecule has 47 heavy (non-hydrogen) atoms. The van der Waals surface area contributed by atoms with Crippen LogP contribution in [0.2, 0.25) is 0 Å². The van der Waals surface area contributed by atoms with E-state index in [4.69, 9.17) is 4.74 Å². The Morgan fingerprint density at radius 2 is 0.979 bits per heavy atom. The number of methoxy groups -OCH3 is 1. The molecule has 0 spiro atoms. The monoisotopic (exact) mass is 730 g/mol. The molecule has 270 valence electrons. The van der Waals surface area contributed by atoms with Gasteiger partial charge in [0.25, 0.3) is 5.91 Å². The zero-order valence-electron chi connectivity index (χ0n) is 22.6.